The Morgan fingerprint density at radius 2 is 1.74 bits per heavy atom. The second kappa shape index (κ2) is 5.85. The van der Waals surface area contributed by atoms with Crippen LogP contribution in [0, 0.1) is 0 Å². The van der Waals surface area contributed by atoms with Crippen LogP contribution in [0.25, 0.3) is 10.9 Å². The van der Waals surface area contributed by atoms with E-state index in [4.69, 9.17) is 16.7 Å². The van der Waals surface area contributed by atoms with Crippen LogP contribution in [0.15, 0.2) is 42.5 Å². The van der Waals surface area contributed by atoms with Gasteiger partial charge in [0.25, 0.3) is 0 Å². The number of aromatic nitrogens is 1. The number of fused-ring (bicyclic) bond motifs is 1. The summed E-state index contributed by atoms with van der Waals surface area (Å²) in [5.74, 6) is -0.881. The summed E-state index contributed by atoms with van der Waals surface area (Å²) in [5, 5.41) is 30.1. The van der Waals surface area contributed by atoms with Gasteiger partial charge in [0.15, 0.2) is 0 Å². The third-order valence-electron chi connectivity index (χ3n) is 3.74. The zero-order valence-electron chi connectivity index (χ0n) is 12.0. The zero-order chi connectivity index (χ0) is 16.6. The number of rotatable bonds is 4. The van der Waals surface area contributed by atoms with Crippen molar-refractivity contribution in [3.05, 3.63) is 58.7 Å². The Labute approximate surface area is 137 Å². The molecular weight excluding hydrogens is 318 g/mol. The minimum absolute atomic E-state index is 0.0106. The number of carboxylic acids is 1. The van der Waals surface area contributed by atoms with Crippen molar-refractivity contribution in [3.63, 3.8) is 0 Å². The summed E-state index contributed by atoms with van der Waals surface area (Å²) in [4.78, 5) is 11.1. The van der Waals surface area contributed by atoms with Gasteiger partial charge in [-0.25, -0.2) is 0 Å². The third-order valence-corrected chi connectivity index (χ3v) is 4.18. The van der Waals surface area contributed by atoms with Gasteiger partial charge in [0.05, 0.1) is 18.5 Å². The molecule has 0 aliphatic carbocycles. The number of phenols is 2. The molecule has 1 aromatic heterocycles. The molecule has 2 aromatic carbocycles. The quantitative estimate of drug-likeness (QED) is 0.684. The molecule has 3 N–H and O–H groups in total. The van der Waals surface area contributed by atoms with Crippen LogP contribution < -0.4 is 0 Å². The summed E-state index contributed by atoms with van der Waals surface area (Å²) in [6.45, 7) is 0.221. The minimum atomic E-state index is -1.00. The molecule has 0 aliphatic rings. The lowest BCUT2D eigenvalue weighted by Crippen LogP contribution is -2.02. The fourth-order valence-corrected chi connectivity index (χ4v) is 3.03. The summed E-state index contributed by atoms with van der Waals surface area (Å²) in [6.07, 6.45) is -0.243. The van der Waals surface area contributed by atoms with Crippen molar-refractivity contribution < 1.29 is 20.1 Å². The van der Waals surface area contributed by atoms with E-state index in [2.05, 4.69) is 0 Å². The lowest BCUT2D eigenvalue weighted by molar-refractivity contribution is -0.136. The Balaban J connectivity index is 2.22. The van der Waals surface area contributed by atoms with Crippen molar-refractivity contribution in [1.29, 1.82) is 0 Å². The summed E-state index contributed by atoms with van der Waals surface area (Å²) < 4.78 is 1.61. The first-order chi connectivity index (χ1) is 11.0. The molecule has 0 saturated heterocycles. The highest BCUT2D eigenvalue weighted by molar-refractivity contribution is 6.32. The molecule has 3 aromatic rings. The highest BCUT2D eigenvalue weighted by Crippen LogP contribution is 2.36. The van der Waals surface area contributed by atoms with Crippen molar-refractivity contribution in [1.82, 2.24) is 4.57 Å². The number of carbonyl (C=O) groups is 1. The molecule has 0 bridgehead atoms. The summed E-state index contributed by atoms with van der Waals surface area (Å²) in [6, 6.07) is 11.7. The van der Waals surface area contributed by atoms with Gasteiger partial charge >= 0.3 is 5.97 Å². The van der Waals surface area contributed by atoms with Gasteiger partial charge in [-0.3, -0.25) is 4.79 Å². The number of aliphatic carboxylic acids is 1. The maximum absolute atomic E-state index is 11.1. The standard InChI is InChI=1S/C17H14ClNO4/c18-17-12(8-15(22)23)11-5-3-7-14(21)16(11)19(17)9-10-4-1-2-6-13(10)20/h1-7,20-21H,8-9H2,(H,22,23). The van der Waals surface area contributed by atoms with E-state index < -0.39 is 5.97 Å². The molecule has 118 valence electrons. The van der Waals surface area contributed by atoms with E-state index >= 15 is 0 Å². The number of nitrogens with zero attached hydrogens (tertiary/aromatic N) is 1. The average Bonchev–Trinajstić information content (AvgIpc) is 2.76. The average molecular weight is 332 g/mol. The Kier molecular flexibility index (Phi) is 3.88. The number of hydrogen-bond donors (Lipinski definition) is 3. The largest absolute Gasteiger partial charge is 0.508 e. The van der Waals surface area contributed by atoms with Gasteiger partial charge in [0.2, 0.25) is 0 Å². The van der Waals surface area contributed by atoms with E-state index in [1.54, 1.807) is 41.0 Å². The van der Waals surface area contributed by atoms with E-state index in [1.165, 1.54) is 6.07 Å². The van der Waals surface area contributed by atoms with Gasteiger partial charge in [0.1, 0.15) is 16.7 Å². The first-order valence-electron chi connectivity index (χ1n) is 6.96. The molecule has 0 radical (unpaired) electrons. The van der Waals surface area contributed by atoms with Crippen molar-refractivity contribution in [2.24, 2.45) is 0 Å². The van der Waals surface area contributed by atoms with E-state index in [9.17, 15) is 15.0 Å². The highest BCUT2D eigenvalue weighted by atomic mass is 35.5. The Morgan fingerprint density at radius 3 is 2.43 bits per heavy atom. The molecule has 0 atom stereocenters. The maximum atomic E-state index is 11.1. The molecule has 0 unspecified atom stereocenters. The predicted octanol–water partition coefficient (Wildman–Crippen LogP) is 3.38. The highest BCUT2D eigenvalue weighted by Gasteiger charge is 2.20. The molecule has 5 nitrogen and oxygen atoms in total. The number of hydrogen-bond acceptors (Lipinski definition) is 3. The molecule has 6 heteroatoms. The molecule has 0 amide bonds. The molecule has 1 heterocycles. The van der Waals surface area contributed by atoms with E-state index in [0.29, 0.717) is 22.0 Å². The fraction of sp³-hybridized carbons (Fsp3) is 0.118. The summed E-state index contributed by atoms with van der Waals surface area (Å²) >= 11 is 6.38. The molecule has 0 aliphatic heterocycles. The number of phenolic OH excluding ortho intramolecular Hbond substituents is 2. The van der Waals surface area contributed by atoms with Crippen LogP contribution in [0.1, 0.15) is 11.1 Å². The lowest BCUT2D eigenvalue weighted by atomic mass is 10.1. The van der Waals surface area contributed by atoms with Gasteiger partial charge < -0.3 is 19.9 Å². The topological polar surface area (TPSA) is 82.7 Å². The lowest BCUT2D eigenvalue weighted by Gasteiger charge is -2.10. The van der Waals surface area contributed by atoms with Crippen LogP contribution in [0.2, 0.25) is 5.15 Å². The molecular formula is C17H14ClNO4. The third kappa shape index (κ3) is 2.71. The SMILES string of the molecule is O=C(O)Cc1c(Cl)n(Cc2ccccc2O)c2c(O)cccc12. The minimum Gasteiger partial charge on any atom is -0.508 e. The number of halogens is 1. The summed E-state index contributed by atoms with van der Waals surface area (Å²) in [7, 11) is 0. The first kappa shape index (κ1) is 15.2. The fourth-order valence-electron chi connectivity index (χ4n) is 2.71. The van der Waals surface area contributed by atoms with Gasteiger partial charge in [-0.2, -0.15) is 0 Å². The predicted molar refractivity (Wildman–Crippen MR) is 87.2 cm³/mol. The second-order valence-electron chi connectivity index (χ2n) is 5.23. The number of para-hydroxylation sites is 2. The van der Waals surface area contributed by atoms with Crippen LogP contribution in [0.5, 0.6) is 11.5 Å². The van der Waals surface area contributed by atoms with Crippen molar-refractivity contribution in [2.45, 2.75) is 13.0 Å². The Hall–Kier alpha value is -2.66. The Bertz CT molecular complexity index is 901. The number of benzene rings is 2. The number of aromatic hydroxyl groups is 2. The van der Waals surface area contributed by atoms with Gasteiger partial charge in [-0.1, -0.05) is 41.9 Å². The maximum Gasteiger partial charge on any atom is 0.307 e. The normalized spacial score (nSPS) is 11.0. The van der Waals surface area contributed by atoms with Crippen LogP contribution >= 0.6 is 11.6 Å². The molecule has 0 spiro atoms. The van der Waals surface area contributed by atoms with Crippen LogP contribution in [-0.2, 0) is 17.8 Å². The Morgan fingerprint density at radius 1 is 1.04 bits per heavy atom. The van der Waals surface area contributed by atoms with Crippen LogP contribution in [0.4, 0.5) is 0 Å². The molecule has 3 rings (SSSR count). The van der Waals surface area contributed by atoms with E-state index in [0.717, 1.165) is 0 Å². The van der Waals surface area contributed by atoms with Crippen LogP contribution in [0.3, 0.4) is 0 Å². The monoisotopic (exact) mass is 331 g/mol. The van der Waals surface area contributed by atoms with Crippen LogP contribution in [-0.4, -0.2) is 25.9 Å². The number of carboxylic acid groups (broad SMARTS) is 1. The van der Waals surface area contributed by atoms with Gasteiger partial charge in [0, 0.05) is 16.5 Å². The van der Waals surface area contributed by atoms with E-state index in [1.807, 2.05) is 0 Å². The van der Waals surface area contributed by atoms with Gasteiger partial charge in [-0.05, 0) is 12.1 Å². The smallest absolute Gasteiger partial charge is 0.307 e. The molecule has 0 saturated carbocycles. The zero-order valence-corrected chi connectivity index (χ0v) is 12.8. The molecule has 23 heavy (non-hydrogen) atoms. The van der Waals surface area contributed by atoms with E-state index in [-0.39, 0.29) is 29.6 Å². The van der Waals surface area contributed by atoms with Crippen molar-refractivity contribution >= 4 is 28.5 Å². The van der Waals surface area contributed by atoms with Crippen molar-refractivity contribution in [3.8, 4) is 11.5 Å². The van der Waals surface area contributed by atoms with Gasteiger partial charge in [-0.15, -0.1) is 0 Å². The first-order valence-corrected chi connectivity index (χ1v) is 7.34. The molecule has 0 fully saturated rings. The summed E-state index contributed by atoms with van der Waals surface area (Å²) in [5.41, 5.74) is 1.52. The van der Waals surface area contributed by atoms with Crippen molar-refractivity contribution in [2.75, 3.05) is 0 Å². The second-order valence-corrected chi connectivity index (χ2v) is 5.59.